The average Bonchev–Trinajstić information content (AvgIpc) is 2.84. The van der Waals surface area contributed by atoms with Gasteiger partial charge in [-0.05, 0) is 28.8 Å². The molecule has 160 valence electrons. The molecule has 5 heteroatoms. The first-order valence-corrected chi connectivity index (χ1v) is 10.9. The van der Waals surface area contributed by atoms with Crippen molar-refractivity contribution < 1.29 is 4.79 Å². The maximum absolute atomic E-state index is 12.2. The second-order valence-corrected chi connectivity index (χ2v) is 7.89. The quantitative estimate of drug-likeness (QED) is 0.614. The predicted octanol–water partition coefficient (Wildman–Crippen LogP) is 4.01. The zero-order valence-corrected chi connectivity index (χ0v) is 17.8. The first-order chi connectivity index (χ1) is 15.3. The fourth-order valence-corrected chi connectivity index (χ4v) is 3.94. The van der Waals surface area contributed by atoms with Crippen molar-refractivity contribution in [2.75, 3.05) is 31.1 Å². The van der Waals surface area contributed by atoms with E-state index in [0.717, 1.165) is 38.3 Å². The van der Waals surface area contributed by atoms with Crippen LogP contribution in [0.15, 0.2) is 84.9 Å². The van der Waals surface area contributed by atoms with Crippen molar-refractivity contribution in [3.05, 3.63) is 102 Å². The third-order valence-corrected chi connectivity index (χ3v) is 5.74. The largest absolute Gasteiger partial charge is 0.369 e. The first-order valence-electron chi connectivity index (χ1n) is 10.9. The van der Waals surface area contributed by atoms with E-state index in [4.69, 9.17) is 0 Å². The molecule has 0 aliphatic carbocycles. The Bertz CT molecular complexity index is 953. The normalized spacial score (nSPS) is 14.3. The lowest BCUT2D eigenvalue weighted by molar-refractivity contribution is 0.239. The number of hydrogen-bond donors (Lipinski definition) is 2. The van der Waals surface area contributed by atoms with Crippen LogP contribution in [-0.2, 0) is 19.6 Å². The van der Waals surface area contributed by atoms with E-state index in [9.17, 15) is 4.79 Å². The minimum atomic E-state index is -0.143. The predicted molar refractivity (Wildman–Crippen MR) is 126 cm³/mol. The molecule has 0 aromatic heterocycles. The summed E-state index contributed by atoms with van der Waals surface area (Å²) in [6.07, 6.45) is 0. The van der Waals surface area contributed by atoms with Crippen LogP contribution in [-0.4, -0.2) is 37.1 Å². The number of anilines is 1. The summed E-state index contributed by atoms with van der Waals surface area (Å²) < 4.78 is 0. The average molecular weight is 415 g/mol. The Labute approximate surface area is 184 Å². The molecule has 0 bridgehead atoms. The van der Waals surface area contributed by atoms with Gasteiger partial charge < -0.3 is 15.5 Å². The van der Waals surface area contributed by atoms with Gasteiger partial charge in [0.05, 0.1) is 0 Å². The summed E-state index contributed by atoms with van der Waals surface area (Å²) >= 11 is 0. The standard InChI is InChI=1S/C26H30N4O/c31-26(27-19-22-9-3-1-4-10-22)28-20-23-11-7-8-12-24(23)21-29-15-17-30(18-16-29)25-13-5-2-6-14-25/h1-14H,15-21H2,(H2,27,28,31). The molecule has 0 atom stereocenters. The minimum absolute atomic E-state index is 0.143. The lowest BCUT2D eigenvalue weighted by Crippen LogP contribution is -2.46. The van der Waals surface area contributed by atoms with Gasteiger partial charge in [0, 0.05) is 51.5 Å². The maximum Gasteiger partial charge on any atom is 0.315 e. The molecule has 0 saturated carbocycles. The van der Waals surface area contributed by atoms with E-state index in [1.165, 1.54) is 16.8 Å². The van der Waals surface area contributed by atoms with Crippen LogP contribution in [0.4, 0.5) is 10.5 Å². The van der Waals surface area contributed by atoms with E-state index in [-0.39, 0.29) is 6.03 Å². The maximum atomic E-state index is 12.2. The molecule has 2 amide bonds. The fourth-order valence-electron chi connectivity index (χ4n) is 3.94. The Morgan fingerprint density at radius 2 is 1.26 bits per heavy atom. The lowest BCUT2D eigenvalue weighted by Gasteiger charge is -2.36. The molecule has 1 aliphatic rings. The summed E-state index contributed by atoms with van der Waals surface area (Å²) in [7, 11) is 0. The van der Waals surface area contributed by atoms with Crippen LogP contribution in [0.1, 0.15) is 16.7 Å². The highest BCUT2D eigenvalue weighted by molar-refractivity contribution is 5.73. The Hall–Kier alpha value is -3.31. The van der Waals surface area contributed by atoms with Crippen LogP contribution >= 0.6 is 0 Å². The molecule has 4 rings (SSSR count). The van der Waals surface area contributed by atoms with Gasteiger partial charge in [-0.25, -0.2) is 4.79 Å². The van der Waals surface area contributed by atoms with Crippen molar-refractivity contribution in [3.63, 3.8) is 0 Å². The molecule has 5 nitrogen and oxygen atoms in total. The number of nitrogens with zero attached hydrogens (tertiary/aromatic N) is 2. The van der Waals surface area contributed by atoms with Gasteiger partial charge in [0.25, 0.3) is 0 Å². The van der Waals surface area contributed by atoms with Gasteiger partial charge in [0.15, 0.2) is 0 Å². The van der Waals surface area contributed by atoms with Crippen molar-refractivity contribution in [3.8, 4) is 0 Å². The van der Waals surface area contributed by atoms with Crippen LogP contribution in [0.3, 0.4) is 0 Å². The van der Waals surface area contributed by atoms with Gasteiger partial charge in [0.1, 0.15) is 0 Å². The Morgan fingerprint density at radius 1 is 0.677 bits per heavy atom. The second-order valence-electron chi connectivity index (χ2n) is 7.89. The second kappa shape index (κ2) is 10.6. The number of amides is 2. The van der Waals surface area contributed by atoms with Gasteiger partial charge >= 0.3 is 6.03 Å². The summed E-state index contributed by atoms with van der Waals surface area (Å²) in [4.78, 5) is 17.2. The van der Waals surface area contributed by atoms with E-state index >= 15 is 0 Å². The number of urea groups is 1. The van der Waals surface area contributed by atoms with Gasteiger partial charge in [-0.15, -0.1) is 0 Å². The van der Waals surface area contributed by atoms with Crippen molar-refractivity contribution in [1.82, 2.24) is 15.5 Å². The van der Waals surface area contributed by atoms with Crippen molar-refractivity contribution in [2.24, 2.45) is 0 Å². The monoisotopic (exact) mass is 414 g/mol. The van der Waals surface area contributed by atoms with Crippen LogP contribution in [0.25, 0.3) is 0 Å². The third kappa shape index (κ3) is 6.09. The van der Waals surface area contributed by atoms with Gasteiger partial charge in [-0.3, -0.25) is 4.90 Å². The summed E-state index contributed by atoms with van der Waals surface area (Å²) in [5.74, 6) is 0. The van der Waals surface area contributed by atoms with E-state index in [1.54, 1.807) is 0 Å². The number of carbonyl (C=O) groups is 1. The van der Waals surface area contributed by atoms with Gasteiger partial charge in [-0.2, -0.15) is 0 Å². The summed E-state index contributed by atoms with van der Waals surface area (Å²) in [6, 6.07) is 28.8. The molecule has 3 aromatic carbocycles. The summed E-state index contributed by atoms with van der Waals surface area (Å²) in [5, 5.41) is 5.92. The lowest BCUT2D eigenvalue weighted by atomic mass is 10.1. The number of rotatable bonds is 7. The number of carbonyl (C=O) groups excluding carboxylic acids is 1. The van der Waals surface area contributed by atoms with E-state index in [0.29, 0.717) is 13.1 Å². The van der Waals surface area contributed by atoms with Crippen molar-refractivity contribution in [1.29, 1.82) is 0 Å². The smallest absolute Gasteiger partial charge is 0.315 e. The number of nitrogens with one attached hydrogen (secondary N) is 2. The van der Waals surface area contributed by atoms with Crippen LogP contribution < -0.4 is 15.5 Å². The van der Waals surface area contributed by atoms with Gasteiger partial charge in [-0.1, -0.05) is 72.8 Å². The number of para-hydroxylation sites is 1. The Balaban J connectivity index is 1.26. The van der Waals surface area contributed by atoms with Crippen LogP contribution in [0, 0.1) is 0 Å². The highest BCUT2D eigenvalue weighted by Crippen LogP contribution is 2.18. The number of benzene rings is 3. The Morgan fingerprint density at radius 3 is 1.97 bits per heavy atom. The molecule has 3 aromatic rings. The van der Waals surface area contributed by atoms with Crippen molar-refractivity contribution in [2.45, 2.75) is 19.6 Å². The first kappa shape index (κ1) is 20.9. The molecule has 1 saturated heterocycles. The highest BCUT2D eigenvalue weighted by atomic mass is 16.2. The molecular weight excluding hydrogens is 384 g/mol. The molecule has 2 N–H and O–H groups in total. The van der Waals surface area contributed by atoms with Gasteiger partial charge in [0.2, 0.25) is 0 Å². The SMILES string of the molecule is O=C(NCc1ccccc1)NCc1ccccc1CN1CCN(c2ccccc2)CC1. The zero-order valence-electron chi connectivity index (χ0n) is 17.8. The van der Waals surface area contributed by atoms with E-state index in [1.807, 2.05) is 36.4 Å². The summed E-state index contributed by atoms with van der Waals surface area (Å²) in [6.45, 7) is 6.11. The minimum Gasteiger partial charge on any atom is -0.369 e. The number of hydrogen-bond acceptors (Lipinski definition) is 3. The number of piperazine rings is 1. The van der Waals surface area contributed by atoms with Crippen molar-refractivity contribution >= 4 is 11.7 Å². The van der Waals surface area contributed by atoms with E-state index < -0.39 is 0 Å². The molecule has 1 fully saturated rings. The highest BCUT2D eigenvalue weighted by Gasteiger charge is 2.18. The molecule has 0 unspecified atom stereocenters. The third-order valence-electron chi connectivity index (χ3n) is 5.74. The summed E-state index contributed by atoms with van der Waals surface area (Å²) in [5.41, 5.74) is 4.84. The van der Waals surface area contributed by atoms with Crippen LogP contribution in [0.2, 0.25) is 0 Å². The molecule has 0 radical (unpaired) electrons. The molecular formula is C26H30N4O. The fraction of sp³-hybridized carbons (Fsp3) is 0.269. The molecule has 31 heavy (non-hydrogen) atoms. The Kier molecular flexibility index (Phi) is 7.19. The topological polar surface area (TPSA) is 47.6 Å². The molecule has 0 spiro atoms. The molecule has 1 aliphatic heterocycles. The van der Waals surface area contributed by atoms with E-state index in [2.05, 4.69) is 69.0 Å². The zero-order chi connectivity index (χ0) is 21.3. The van der Waals surface area contributed by atoms with Crippen LogP contribution in [0.5, 0.6) is 0 Å². The molecule has 1 heterocycles.